The zero-order chi connectivity index (χ0) is 25.7. The minimum Gasteiger partial charge on any atom is -0.442 e. The number of nitrogens with one attached hydrogen (secondary N) is 1. The van der Waals surface area contributed by atoms with Crippen molar-refractivity contribution in [2.45, 2.75) is 19.6 Å². The highest BCUT2D eigenvalue weighted by molar-refractivity contribution is 5.94. The molecule has 0 spiro atoms. The van der Waals surface area contributed by atoms with Crippen LogP contribution in [0.4, 0.5) is 19.7 Å². The van der Waals surface area contributed by atoms with Gasteiger partial charge in [0.1, 0.15) is 11.9 Å². The van der Waals surface area contributed by atoms with Crippen molar-refractivity contribution in [3.05, 3.63) is 53.8 Å². The van der Waals surface area contributed by atoms with E-state index in [0.29, 0.717) is 23.4 Å². The van der Waals surface area contributed by atoms with Crippen LogP contribution in [-0.4, -0.2) is 73.6 Å². The van der Waals surface area contributed by atoms with E-state index in [0.717, 1.165) is 10.5 Å². The number of carbonyl (C=O) groups is 4. The molecule has 1 atom stereocenters. The third-order valence-electron chi connectivity index (χ3n) is 5.54. The van der Waals surface area contributed by atoms with Gasteiger partial charge < -0.3 is 15.8 Å². The number of ether oxygens (including phenoxy) is 1. The summed E-state index contributed by atoms with van der Waals surface area (Å²) in [4.78, 5) is 50.2. The van der Waals surface area contributed by atoms with Crippen LogP contribution < -0.4 is 16.0 Å². The summed E-state index contributed by atoms with van der Waals surface area (Å²) in [6, 6.07) is 10.9. The molecular formula is C24H28FN5O5. The van der Waals surface area contributed by atoms with Crippen LogP contribution in [0, 0.1) is 5.82 Å². The highest BCUT2D eigenvalue weighted by Gasteiger charge is 2.32. The molecule has 2 aromatic carbocycles. The number of hydrogen-bond acceptors (Lipinski definition) is 6. The van der Waals surface area contributed by atoms with Gasteiger partial charge in [0.25, 0.3) is 0 Å². The summed E-state index contributed by atoms with van der Waals surface area (Å²) in [7, 11) is 3.06. The third-order valence-corrected chi connectivity index (χ3v) is 5.54. The first-order chi connectivity index (χ1) is 16.5. The molecule has 0 aliphatic carbocycles. The lowest BCUT2D eigenvalue weighted by Gasteiger charge is -2.19. The summed E-state index contributed by atoms with van der Waals surface area (Å²) >= 11 is 0. The lowest BCUT2D eigenvalue weighted by atomic mass is 10.0. The number of hydrogen-bond donors (Lipinski definition) is 2. The minimum absolute atomic E-state index is 0.0158. The number of urea groups is 1. The molecule has 1 aliphatic rings. The third kappa shape index (κ3) is 6.54. The lowest BCUT2D eigenvalue weighted by molar-refractivity contribution is -0.128. The monoisotopic (exact) mass is 485 g/mol. The predicted molar refractivity (Wildman–Crippen MR) is 127 cm³/mol. The molecule has 0 bridgehead atoms. The molecule has 2 aromatic rings. The number of anilines is 1. The summed E-state index contributed by atoms with van der Waals surface area (Å²) < 4.78 is 20.2. The van der Waals surface area contributed by atoms with E-state index in [9.17, 15) is 23.6 Å². The van der Waals surface area contributed by atoms with Crippen molar-refractivity contribution in [2.75, 3.05) is 38.6 Å². The van der Waals surface area contributed by atoms with E-state index >= 15 is 0 Å². The zero-order valence-corrected chi connectivity index (χ0v) is 19.8. The SMILES string of the molecule is CC(=O)NCC1CN(c2ccc(-c3ccc(CN(C)CC(=O)N(C)C(N)=O)cc3)c(F)c2)C(=O)O1. The number of imide groups is 1. The Morgan fingerprint density at radius 2 is 1.86 bits per heavy atom. The fourth-order valence-corrected chi connectivity index (χ4v) is 3.62. The number of rotatable bonds is 8. The van der Waals surface area contributed by atoms with E-state index in [4.69, 9.17) is 10.5 Å². The molecule has 0 radical (unpaired) electrons. The second kappa shape index (κ2) is 11.0. The number of halogens is 1. The molecule has 1 fully saturated rings. The molecule has 1 unspecified atom stereocenters. The fourth-order valence-electron chi connectivity index (χ4n) is 3.62. The van der Waals surface area contributed by atoms with Crippen molar-refractivity contribution in [3.63, 3.8) is 0 Å². The van der Waals surface area contributed by atoms with E-state index in [1.807, 2.05) is 12.1 Å². The maximum atomic E-state index is 14.9. The van der Waals surface area contributed by atoms with E-state index in [1.54, 1.807) is 36.2 Å². The normalized spacial score (nSPS) is 15.2. The highest BCUT2D eigenvalue weighted by atomic mass is 19.1. The molecule has 35 heavy (non-hydrogen) atoms. The quantitative estimate of drug-likeness (QED) is 0.589. The van der Waals surface area contributed by atoms with Gasteiger partial charge in [-0.3, -0.25) is 24.3 Å². The molecule has 1 heterocycles. The van der Waals surface area contributed by atoms with E-state index in [-0.39, 0.29) is 25.5 Å². The van der Waals surface area contributed by atoms with Crippen LogP contribution in [0.5, 0.6) is 0 Å². The summed E-state index contributed by atoms with van der Waals surface area (Å²) in [5, 5.41) is 2.60. The second-order valence-corrected chi connectivity index (χ2v) is 8.38. The first-order valence-corrected chi connectivity index (χ1v) is 10.9. The highest BCUT2D eigenvalue weighted by Crippen LogP contribution is 2.29. The Morgan fingerprint density at radius 3 is 2.46 bits per heavy atom. The Hall–Kier alpha value is -3.99. The smallest absolute Gasteiger partial charge is 0.414 e. The maximum absolute atomic E-state index is 14.9. The molecule has 186 valence electrons. The molecule has 0 aromatic heterocycles. The number of nitrogens with two attached hydrogens (primary N) is 1. The van der Waals surface area contributed by atoms with Crippen LogP contribution in [0.15, 0.2) is 42.5 Å². The van der Waals surface area contributed by atoms with Gasteiger partial charge in [-0.15, -0.1) is 0 Å². The first kappa shape index (κ1) is 25.6. The van der Waals surface area contributed by atoms with E-state index in [1.165, 1.54) is 24.9 Å². The van der Waals surface area contributed by atoms with Gasteiger partial charge in [-0.25, -0.2) is 14.0 Å². The number of carbonyl (C=O) groups excluding carboxylic acids is 4. The van der Waals surface area contributed by atoms with E-state index < -0.39 is 30.0 Å². The molecule has 0 saturated carbocycles. The average Bonchev–Trinajstić information content (AvgIpc) is 3.18. The summed E-state index contributed by atoms with van der Waals surface area (Å²) in [6.07, 6.45) is -1.10. The van der Waals surface area contributed by atoms with Crippen LogP contribution in [0.25, 0.3) is 11.1 Å². The lowest BCUT2D eigenvalue weighted by Crippen LogP contribution is -2.42. The van der Waals surface area contributed by atoms with Gasteiger partial charge in [-0.1, -0.05) is 24.3 Å². The summed E-state index contributed by atoms with van der Waals surface area (Å²) in [5.41, 5.74) is 7.39. The van der Waals surface area contributed by atoms with Crippen molar-refractivity contribution in [2.24, 2.45) is 5.73 Å². The van der Waals surface area contributed by atoms with Crippen LogP contribution >= 0.6 is 0 Å². The topological polar surface area (TPSA) is 125 Å². The van der Waals surface area contributed by atoms with Crippen molar-refractivity contribution < 1.29 is 28.3 Å². The molecule has 3 rings (SSSR count). The Bertz CT molecular complexity index is 1120. The molecule has 1 saturated heterocycles. The average molecular weight is 486 g/mol. The predicted octanol–water partition coefficient (Wildman–Crippen LogP) is 1.92. The van der Waals surface area contributed by atoms with Crippen LogP contribution in [0.2, 0.25) is 0 Å². The zero-order valence-electron chi connectivity index (χ0n) is 19.8. The van der Waals surface area contributed by atoms with Gasteiger partial charge in [0.2, 0.25) is 11.8 Å². The van der Waals surface area contributed by atoms with Gasteiger partial charge in [-0.05, 0) is 36.4 Å². The first-order valence-electron chi connectivity index (χ1n) is 10.9. The Labute approximate surface area is 202 Å². The molecule has 1 aliphatic heterocycles. The van der Waals surface area contributed by atoms with Crippen LogP contribution in [-0.2, 0) is 20.9 Å². The second-order valence-electron chi connectivity index (χ2n) is 8.38. The Balaban J connectivity index is 1.64. The molecule has 10 nitrogen and oxygen atoms in total. The molecule has 11 heteroatoms. The number of likely N-dealkylation sites (N-methyl/N-ethyl adjacent to an activating group) is 2. The van der Waals surface area contributed by atoms with Crippen molar-refractivity contribution in [1.29, 1.82) is 0 Å². The maximum Gasteiger partial charge on any atom is 0.414 e. The number of nitrogens with zero attached hydrogens (tertiary/aromatic N) is 3. The minimum atomic E-state index is -0.813. The van der Waals surface area contributed by atoms with E-state index in [2.05, 4.69) is 5.32 Å². The van der Waals surface area contributed by atoms with Gasteiger partial charge in [-0.2, -0.15) is 0 Å². The van der Waals surface area contributed by atoms with Crippen molar-refractivity contribution in [3.8, 4) is 11.1 Å². The largest absolute Gasteiger partial charge is 0.442 e. The van der Waals surface area contributed by atoms with Gasteiger partial charge >= 0.3 is 12.1 Å². The Morgan fingerprint density at radius 1 is 1.17 bits per heavy atom. The van der Waals surface area contributed by atoms with Crippen molar-refractivity contribution in [1.82, 2.24) is 15.1 Å². The van der Waals surface area contributed by atoms with Crippen LogP contribution in [0.3, 0.4) is 0 Å². The number of primary amides is 1. The fraction of sp³-hybridized carbons (Fsp3) is 0.333. The Kier molecular flexibility index (Phi) is 8.02. The van der Waals surface area contributed by atoms with Gasteiger partial charge in [0.05, 0.1) is 25.3 Å². The molecular weight excluding hydrogens is 457 g/mol. The number of amides is 5. The number of cyclic esters (lactones) is 1. The van der Waals surface area contributed by atoms with Crippen LogP contribution in [0.1, 0.15) is 12.5 Å². The van der Waals surface area contributed by atoms with Gasteiger partial charge in [0, 0.05) is 26.1 Å². The summed E-state index contributed by atoms with van der Waals surface area (Å²) in [5.74, 6) is -1.13. The molecule has 3 N–H and O–H groups in total. The number of benzene rings is 2. The van der Waals surface area contributed by atoms with Gasteiger partial charge in [0.15, 0.2) is 0 Å². The molecule has 5 amide bonds. The standard InChI is InChI=1S/C24H28FN5O5/c1-15(31)27-11-19-13-30(24(34)35-19)18-8-9-20(21(25)10-18)17-6-4-16(5-7-17)12-28(2)14-22(32)29(3)23(26)33/h4-10,19H,11-14H2,1-3H3,(H2,26,33)(H,27,31). The summed E-state index contributed by atoms with van der Waals surface area (Å²) in [6.45, 7) is 2.23. The van der Waals surface area contributed by atoms with Crippen molar-refractivity contribution >= 4 is 29.6 Å².